The maximum absolute atomic E-state index is 13.1. The van der Waals surface area contributed by atoms with Gasteiger partial charge in [0.1, 0.15) is 11.0 Å². The van der Waals surface area contributed by atoms with E-state index in [-0.39, 0.29) is 17.6 Å². The maximum Gasteiger partial charge on any atom is 0.290 e. The van der Waals surface area contributed by atoms with Crippen molar-refractivity contribution in [1.29, 1.82) is 0 Å². The van der Waals surface area contributed by atoms with Crippen LogP contribution in [0.4, 0.5) is 5.13 Å². The molecule has 142 valence electrons. The van der Waals surface area contributed by atoms with E-state index >= 15 is 0 Å². The number of carbonyl (C=O) groups is 2. The lowest BCUT2D eigenvalue weighted by atomic mass is 9.93. The standard InChI is InChI=1S/C20H18N4O3S/c25-17(21-20-23-22-18(28-20)12-7-8-12)15-10-13-4-1-2-5-14(13)11-24(15)19(26)16-6-3-9-27-16/h1-6,9,12,15H,7-8,10-11H2,(H,21,23,25)/t15-/m1/s1. The van der Waals surface area contributed by atoms with Gasteiger partial charge in [-0.25, -0.2) is 0 Å². The summed E-state index contributed by atoms with van der Waals surface area (Å²) < 4.78 is 5.28. The van der Waals surface area contributed by atoms with Crippen molar-refractivity contribution in [3.05, 3.63) is 64.6 Å². The summed E-state index contributed by atoms with van der Waals surface area (Å²) in [5.41, 5.74) is 2.11. The first-order valence-electron chi connectivity index (χ1n) is 9.24. The molecule has 1 saturated carbocycles. The lowest BCUT2D eigenvalue weighted by Gasteiger charge is -2.35. The van der Waals surface area contributed by atoms with E-state index in [0.717, 1.165) is 29.0 Å². The van der Waals surface area contributed by atoms with Crippen LogP contribution in [0.3, 0.4) is 0 Å². The largest absolute Gasteiger partial charge is 0.459 e. The number of hydrogen-bond acceptors (Lipinski definition) is 6. The van der Waals surface area contributed by atoms with Gasteiger partial charge in [-0.1, -0.05) is 35.6 Å². The van der Waals surface area contributed by atoms with E-state index in [0.29, 0.717) is 24.0 Å². The predicted octanol–water partition coefficient (Wildman–Crippen LogP) is 3.21. The summed E-state index contributed by atoms with van der Waals surface area (Å²) >= 11 is 1.41. The summed E-state index contributed by atoms with van der Waals surface area (Å²) in [5, 5.41) is 12.6. The van der Waals surface area contributed by atoms with Gasteiger partial charge in [0.15, 0.2) is 5.76 Å². The van der Waals surface area contributed by atoms with Crippen molar-refractivity contribution in [3.63, 3.8) is 0 Å². The minimum absolute atomic E-state index is 0.226. The van der Waals surface area contributed by atoms with Crippen molar-refractivity contribution >= 4 is 28.3 Å². The molecule has 8 heteroatoms. The molecule has 2 amide bonds. The highest BCUT2D eigenvalue weighted by Gasteiger charge is 2.36. The highest BCUT2D eigenvalue weighted by Crippen LogP contribution is 2.42. The summed E-state index contributed by atoms with van der Waals surface area (Å²) in [4.78, 5) is 27.6. The molecule has 1 N–H and O–H groups in total. The van der Waals surface area contributed by atoms with Crippen molar-refractivity contribution in [3.8, 4) is 0 Å². The maximum atomic E-state index is 13.1. The third-order valence-electron chi connectivity index (χ3n) is 5.14. The second-order valence-corrected chi connectivity index (χ2v) is 8.12. The highest BCUT2D eigenvalue weighted by atomic mass is 32.1. The number of aromatic nitrogens is 2. The Kier molecular flexibility index (Phi) is 4.20. The molecule has 0 spiro atoms. The first-order chi connectivity index (χ1) is 13.7. The fourth-order valence-corrected chi connectivity index (χ4v) is 4.40. The molecule has 0 unspecified atom stereocenters. The first kappa shape index (κ1) is 17.1. The molecular formula is C20H18N4O3S. The number of benzene rings is 1. The zero-order chi connectivity index (χ0) is 19.1. The molecular weight excluding hydrogens is 376 g/mol. The molecule has 7 nitrogen and oxygen atoms in total. The molecule has 1 aliphatic carbocycles. The predicted molar refractivity (Wildman–Crippen MR) is 103 cm³/mol. The molecule has 3 heterocycles. The van der Waals surface area contributed by atoms with Crippen molar-refractivity contribution in [2.45, 2.75) is 37.8 Å². The van der Waals surface area contributed by atoms with E-state index in [9.17, 15) is 9.59 Å². The number of furan rings is 1. The Hall–Kier alpha value is -3.00. The number of nitrogens with zero attached hydrogens (tertiary/aromatic N) is 3. The minimum Gasteiger partial charge on any atom is -0.459 e. The van der Waals surface area contributed by atoms with Gasteiger partial charge in [0, 0.05) is 18.9 Å². The molecule has 2 aromatic heterocycles. The van der Waals surface area contributed by atoms with Crippen molar-refractivity contribution in [1.82, 2.24) is 15.1 Å². The van der Waals surface area contributed by atoms with E-state index in [2.05, 4.69) is 15.5 Å². The first-order valence-corrected chi connectivity index (χ1v) is 10.1. The Morgan fingerprint density at radius 1 is 1.11 bits per heavy atom. The van der Waals surface area contributed by atoms with Crippen molar-refractivity contribution in [2.75, 3.05) is 5.32 Å². The van der Waals surface area contributed by atoms with Crippen LogP contribution in [-0.4, -0.2) is 33.0 Å². The molecule has 0 radical (unpaired) electrons. The third-order valence-corrected chi connectivity index (χ3v) is 6.14. The van der Waals surface area contributed by atoms with Gasteiger partial charge in [-0.05, 0) is 36.1 Å². The van der Waals surface area contributed by atoms with Gasteiger partial charge in [-0.15, -0.1) is 10.2 Å². The molecule has 2 aliphatic rings. The van der Waals surface area contributed by atoms with Crippen molar-refractivity contribution < 1.29 is 14.0 Å². The summed E-state index contributed by atoms with van der Waals surface area (Å²) in [5.74, 6) is 0.161. The normalized spacial score (nSPS) is 18.6. The van der Waals surface area contributed by atoms with E-state index in [1.54, 1.807) is 17.0 Å². The zero-order valence-electron chi connectivity index (χ0n) is 15.0. The molecule has 5 rings (SSSR count). The van der Waals surface area contributed by atoms with Gasteiger partial charge in [-0.2, -0.15) is 0 Å². The van der Waals surface area contributed by atoms with E-state index in [1.807, 2.05) is 24.3 Å². The van der Waals surface area contributed by atoms with Gasteiger partial charge in [-0.3, -0.25) is 14.9 Å². The second-order valence-electron chi connectivity index (χ2n) is 7.11. The minimum atomic E-state index is -0.638. The zero-order valence-corrected chi connectivity index (χ0v) is 15.8. The average Bonchev–Trinajstić information content (AvgIpc) is 3.22. The van der Waals surface area contributed by atoms with Crippen molar-refractivity contribution in [2.24, 2.45) is 0 Å². The van der Waals surface area contributed by atoms with Gasteiger partial charge in [0.2, 0.25) is 11.0 Å². The van der Waals surface area contributed by atoms with Gasteiger partial charge >= 0.3 is 0 Å². The van der Waals surface area contributed by atoms with E-state index in [1.165, 1.54) is 17.6 Å². The summed E-state index contributed by atoms with van der Waals surface area (Å²) in [6.45, 7) is 0.358. The molecule has 1 atom stereocenters. The quantitative estimate of drug-likeness (QED) is 0.734. The number of hydrogen-bond donors (Lipinski definition) is 1. The number of carbonyl (C=O) groups excluding carboxylic acids is 2. The topological polar surface area (TPSA) is 88.3 Å². The SMILES string of the molecule is O=C(Nc1nnc(C2CC2)s1)[C@H]1Cc2ccccc2CN1C(=O)c1ccco1. The Balaban J connectivity index is 1.41. The fourth-order valence-electron chi connectivity index (χ4n) is 3.48. The molecule has 1 aliphatic heterocycles. The summed E-state index contributed by atoms with van der Waals surface area (Å²) in [6.07, 6.45) is 4.17. The molecule has 0 saturated heterocycles. The smallest absolute Gasteiger partial charge is 0.290 e. The Morgan fingerprint density at radius 2 is 1.93 bits per heavy atom. The fraction of sp³-hybridized carbons (Fsp3) is 0.300. The van der Waals surface area contributed by atoms with E-state index in [4.69, 9.17) is 4.42 Å². The van der Waals surface area contributed by atoms with Crippen LogP contribution in [0.2, 0.25) is 0 Å². The van der Waals surface area contributed by atoms with Crippen LogP contribution in [-0.2, 0) is 17.8 Å². The van der Waals surface area contributed by atoms with E-state index < -0.39 is 6.04 Å². The highest BCUT2D eigenvalue weighted by molar-refractivity contribution is 7.15. The van der Waals surface area contributed by atoms with Crippen LogP contribution < -0.4 is 5.32 Å². The number of fused-ring (bicyclic) bond motifs is 1. The molecule has 28 heavy (non-hydrogen) atoms. The third kappa shape index (κ3) is 3.20. The van der Waals surface area contributed by atoms with Crippen LogP contribution >= 0.6 is 11.3 Å². The van der Waals surface area contributed by atoms with Crippen LogP contribution in [0.25, 0.3) is 0 Å². The molecule has 1 aromatic carbocycles. The number of anilines is 1. The number of amides is 2. The average molecular weight is 394 g/mol. The van der Waals surface area contributed by atoms with Crippen LogP contribution in [0, 0.1) is 0 Å². The Morgan fingerprint density at radius 3 is 2.68 bits per heavy atom. The molecule has 1 fully saturated rings. The van der Waals surface area contributed by atoms with Gasteiger partial charge in [0.25, 0.3) is 5.91 Å². The van der Waals surface area contributed by atoms with Gasteiger partial charge < -0.3 is 9.32 Å². The van der Waals surface area contributed by atoms with Crippen LogP contribution in [0.1, 0.15) is 45.4 Å². The number of rotatable bonds is 4. The molecule has 0 bridgehead atoms. The van der Waals surface area contributed by atoms with Gasteiger partial charge in [0.05, 0.1) is 6.26 Å². The second kappa shape index (κ2) is 6.87. The Labute approximate surface area is 165 Å². The van der Waals surface area contributed by atoms with Crippen LogP contribution in [0.15, 0.2) is 47.1 Å². The monoisotopic (exact) mass is 394 g/mol. The lowest BCUT2D eigenvalue weighted by Crippen LogP contribution is -2.50. The number of nitrogens with one attached hydrogen (secondary N) is 1. The molecule has 3 aromatic rings. The Bertz CT molecular complexity index is 1030. The summed E-state index contributed by atoms with van der Waals surface area (Å²) in [7, 11) is 0. The summed E-state index contributed by atoms with van der Waals surface area (Å²) in [6, 6.07) is 10.5. The lowest BCUT2D eigenvalue weighted by molar-refractivity contribution is -0.121. The van der Waals surface area contributed by atoms with Crippen LogP contribution in [0.5, 0.6) is 0 Å².